The van der Waals surface area contributed by atoms with Gasteiger partial charge in [-0.25, -0.2) is 4.68 Å². The number of amides is 2. The Labute approximate surface area is 255 Å². The van der Waals surface area contributed by atoms with E-state index in [0.717, 1.165) is 17.0 Å². The van der Waals surface area contributed by atoms with E-state index in [4.69, 9.17) is 9.84 Å². The van der Waals surface area contributed by atoms with Gasteiger partial charge in [0.2, 0.25) is 0 Å². The minimum absolute atomic E-state index is 0. The summed E-state index contributed by atoms with van der Waals surface area (Å²) in [5, 5.41) is 4.73. The Balaban J connectivity index is 0.00000267. The van der Waals surface area contributed by atoms with E-state index < -0.39 is 5.54 Å². The van der Waals surface area contributed by atoms with Crippen LogP contribution in [-0.2, 0) is 6.42 Å². The van der Waals surface area contributed by atoms with Crippen molar-refractivity contribution in [2.75, 3.05) is 26.7 Å². The maximum atomic E-state index is 13.6. The summed E-state index contributed by atoms with van der Waals surface area (Å²) in [4.78, 5) is 30.4. The number of allylic oxidation sites excluding steroid dienone is 2. The van der Waals surface area contributed by atoms with Crippen molar-refractivity contribution < 1.29 is 45.4 Å². The molecule has 1 aliphatic rings. The normalized spacial score (nSPS) is 14.6. The van der Waals surface area contributed by atoms with Crippen LogP contribution >= 0.6 is 0 Å². The van der Waals surface area contributed by atoms with Gasteiger partial charge >= 0.3 is 31.1 Å². The fourth-order valence-corrected chi connectivity index (χ4v) is 4.69. The number of aryl methyl sites for hydroxylation is 1. The summed E-state index contributed by atoms with van der Waals surface area (Å²) in [5.41, 5.74) is 3.09. The molecular weight excluding hydrogens is 714 g/mol. The first-order valence-electron chi connectivity index (χ1n) is 12.4. The van der Waals surface area contributed by atoms with Gasteiger partial charge in [-0.2, -0.15) is 17.2 Å². The van der Waals surface area contributed by atoms with Gasteiger partial charge in [0, 0.05) is 42.3 Å². The van der Waals surface area contributed by atoms with Crippen LogP contribution in [0.4, 0.5) is 0 Å². The molecule has 0 bridgehead atoms. The zero-order valence-corrected chi connectivity index (χ0v) is 27.6. The molecule has 3 aromatic rings. The van der Waals surface area contributed by atoms with Crippen LogP contribution in [0.15, 0.2) is 73.3 Å². The zero-order chi connectivity index (χ0) is 26.6. The van der Waals surface area contributed by atoms with E-state index in [2.05, 4.69) is 12.6 Å². The van der Waals surface area contributed by atoms with Crippen molar-refractivity contribution >= 4 is 17.5 Å². The standard InChI is InChI=1S/C30H33N4O3.CH3.U/c1-6-11-27(22-14-16-25(37-5)17-15-22)34-24(7-2)20-26(31-34)29(36)32-18-19-33(30(3,4)21-32)28(35)23-12-9-8-10-13-23;;/h6,8-16,20H,1,7,18-19,21H2,2-5H3;1H3;/q2*-1;+2/b27-11-;;. The average Bonchev–Trinajstić information content (AvgIpc) is 3.35. The third-order valence-corrected chi connectivity index (χ3v) is 6.62. The van der Waals surface area contributed by atoms with E-state index in [1.165, 1.54) is 0 Å². The minimum Gasteiger partial charge on any atom is -0.523 e. The van der Waals surface area contributed by atoms with Crippen LogP contribution in [0.25, 0.3) is 5.70 Å². The number of nitrogens with zero attached hydrogens (tertiary/aromatic N) is 4. The van der Waals surface area contributed by atoms with Crippen molar-refractivity contribution in [2.24, 2.45) is 0 Å². The predicted octanol–water partition coefficient (Wildman–Crippen LogP) is 5.16. The van der Waals surface area contributed by atoms with Gasteiger partial charge in [-0.3, -0.25) is 9.59 Å². The molecule has 1 aliphatic heterocycles. The van der Waals surface area contributed by atoms with Gasteiger partial charge in [-0.15, -0.1) is 17.7 Å². The summed E-state index contributed by atoms with van der Waals surface area (Å²) >= 11 is 0. The van der Waals surface area contributed by atoms with Crippen LogP contribution in [0.5, 0.6) is 5.75 Å². The molecule has 0 aliphatic carbocycles. The van der Waals surface area contributed by atoms with E-state index >= 15 is 0 Å². The molecule has 1 aromatic heterocycles. The number of carbonyl (C=O) groups excluding carboxylic acids is 2. The Hall–Kier alpha value is -3.08. The topological polar surface area (TPSA) is 67.7 Å². The van der Waals surface area contributed by atoms with Crippen LogP contribution in [0.3, 0.4) is 0 Å². The second-order valence-corrected chi connectivity index (χ2v) is 9.58. The van der Waals surface area contributed by atoms with E-state index in [1.54, 1.807) is 22.8 Å². The number of carbonyl (C=O) groups is 2. The third kappa shape index (κ3) is 6.93. The van der Waals surface area contributed by atoms with Crippen molar-refractivity contribution in [3.05, 3.63) is 109 Å². The summed E-state index contributed by atoms with van der Waals surface area (Å²) in [6.07, 6.45) is 4.26. The van der Waals surface area contributed by atoms with Gasteiger partial charge in [0.15, 0.2) is 5.69 Å². The first kappa shape index (κ1) is 32.1. The van der Waals surface area contributed by atoms with Crippen molar-refractivity contribution in [3.63, 3.8) is 0 Å². The number of piperazine rings is 1. The van der Waals surface area contributed by atoms with E-state index in [9.17, 15) is 9.59 Å². The molecule has 0 unspecified atom stereocenters. The summed E-state index contributed by atoms with van der Waals surface area (Å²) in [7, 11) is 1.60. The maximum absolute atomic E-state index is 13.6. The summed E-state index contributed by atoms with van der Waals surface area (Å²) < 4.78 is 7.03. The van der Waals surface area contributed by atoms with Crippen molar-refractivity contribution in [3.8, 4) is 5.75 Å². The molecule has 0 radical (unpaired) electrons. The fourth-order valence-electron chi connectivity index (χ4n) is 4.69. The van der Waals surface area contributed by atoms with Gasteiger partial charge in [0.25, 0.3) is 11.8 Å². The van der Waals surface area contributed by atoms with Crippen LogP contribution < -0.4 is 4.74 Å². The molecule has 0 spiro atoms. The number of ether oxygens (including phenoxy) is 1. The summed E-state index contributed by atoms with van der Waals surface area (Å²) in [5.74, 6) is 0.472. The Morgan fingerprint density at radius 2 is 1.82 bits per heavy atom. The van der Waals surface area contributed by atoms with E-state index in [1.807, 2.05) is 86.3 Å². The number of rotatable bonds is 7. The number of aromatic nitrogens is 2. The van der Waals surface area contributed by atoms with Crippen LogP contribution in [0.2, 0.25) is 0 Å². The Kier molecular flexibility index (Phi) is 11.4. The average molecular weight is 751 g/mol. The number of benzene rings is 2. The largest absolute Gasteiger partial charge is 2.00 e. The van der Waals surface area contributed by atoms with Crippen molar-refractivity contribution in [2.45, 2.75) is 32.7 Å². The molecule has 202 valence electrons. The first-order chi connectivity index (χ1) is 17.8. The molecule has 2 aromatic carbocycles. The van der Waals surface area contributed by atoms with E-state index in [0.29, 0.717) is 43.1 Å². The molecule has 0 saturated carbocycles. The third-order valence-electron chi connectivity index (χ3n) is 6.62. The van der Waals surface area contributed by atoms with Gasteiger partial charge < -0.3 is 22.0 Å². The molecule has 39 heavy (non-hydrogen) atoms. The van der Waals surface area contributed by atoms with E-state index in [-0.39, 0.29) is 50.4 Å². The second kappa shape index (κ2) is 13.8. The molecule has 0 N–H and O–H groups in total. The predicted molar refractivity (Wildman–Crippen MR) is 151 cm³/mol. The molecule has 1 fully saturated rings. The number of methoxy groups -OCH3 is 1. The smallest absolute Gasteiger partial charge is 0.523 e. The molecule has 8 heteroatoms. The van der Waals surface area contributed by atoms with Crippen LogP contribution in [0.1, 0.15) is 52.9 Å². The van der Waals surface area contributed by atoms with Crippen LogP contribution in [0, 0.1) is 44.6 Å². The molecule has 0 atom stereocenters. The Morgan fingerprint density at radius 1 is 1.10 bits per heavy atom. The molecule has 4 rings (SSSR count). The first-order valence-corrected chi connectivity index (χ1v) is 12.4. The monoisotopic (exact) mass is 750 g/mol. The maximum Gasteiger partial charge on any atom is 2.00 e. The molecule has 1 saturated heterocycles. The van der Waals surface area contributed by atoms with Crippen molar-refractivity contribution in [1.29, 1.82) is 0 Å². The number of hydrogen-bond donors (Lipinski definition) is 0. The molecule has 2 amide bonds. The van der Waals surface area contributed by atoms with Gasteiger partial charge in [0.05, 0.1) is 12.6 Å². The SMILES string of the molecule is C=C/C=C(/c1c[c-]c(OC)cc1)n1nc(C(=O)N2CCN(C(=O)c3ccccc3)C(C)(C)C2)cc1CC.[CH3-].[U+2]. The molecule has 7 nitrogen and oxygen atoms in total. The quantitative estimate of drug-likeness (QED) is 0.248. The van der Waals surface area contributed by atoms with Gasteiger partial charge in [-0.1, -0.05) is 37.8 Å². The molecule has 2 heterocycles. The van der Waals surface area contributed by atoms with Gasteiger partial charge in [-0.05, 0) is 44.5 Å². The Bertz CT molecular complexity index is 1310. The van der Waals surface area contributed by atoms with Gasteiger partial charge in [0.1, 0.15) is 0 Å². The second-order valence-electron chi connectivity index (χ2n) is 9.58. The van der Waals surface area contributed by atoms with Crippen molar-refractivity contribution in [1.82, 2.24) is 19.6 Å². The fraction of sp³-hybridized carbons (Fsp3) is 0.290. The Morgan fingerprint density at radius 3 is 2.38 bits per heavy atom. The minimum atomic E-state index is -0.524. The zero-order valence-electron chi connectivity index (χ0n) is 23.4. The van der Waals surface area contributed by atoms with Crippen LogP contribution in [-0.4, -0.2) is 63.7 Å². The number of hydrogen-bond acceptors (Lipinski definition) is 4. The summed E-state index contributed by atoms with van der Waals surface area (Å²) in [6.45, 7) is 11.2. The molecular formula is C31H36N4O3U. The summed E-state index contributed by atoms with van der Waals surface area (Å²) in [6, 6.07) is 19.8.